The number of anilines is 1. The number of carbonyl (C=O) groups is 1. The molecule has 6 nitrogen and oxygen atoms in total. The van der Waals surface area contributed by atoms with E-state index < -0.39 is 0 Å². The van der Waals surface area contributed by atoms with E-state index in [9.17, 15) is 4.79 Å². The highest BCUT2D eigenvalue weighted by molar-refractivity contribution is 5.97. The van der Waals surface area contributed by atoms with Crippen LogP contribution in [0.1, 0.15) is 48.8 Å². The van der Waals surface area contributed by atoms with E-state index in [1.54, 1.807) is 4.68 Å². The number of aryl methyl sites for hydroxylation is 2. The maximum absolute atomic E-state index is 12.2. The minimum atomic E-state index is -0.117. The van der Waals surface area contributed by atoms with Gasteiger partial charge in [-0.05, 0) is 52.7 Å². The summed E-state index contributed by atoms with van der Waals surface area (Å²) in [6.45, 7) is 8.57. The Morgan fingerprint density at radius 3 is 2.71 bits per heavy atom. The average molecular weight is 293 g/mol. The Kier molecular flexibility index (Phi) is 5.61. The Labute approximate surface area is 126 Å². The molecule has 0 saturated carbocycles. The third-order valence-corrected chi connectivity index (χ3v) is 4.07. The van der Waals surface area contributed by atoms with Crippen LogP contribution in [0.3, 0.4) is 0 Å². The van der Waals surface area contributed by atoms with Gasteiger partial charge in [0.15, 0.2) is 0 Å². The first kappa shape index (κ1) is 15.8. The largest absolute Gasteiger partial charge is 0.395 e. The van der Waals surface area contributed by atoms with Crippen LogP contribution in [0.25, 0.3) is 0 Å². The number of carbonyl (C=O) groups excluding carboxylic acids is 1. The van der Waals surface area contributed by atoms with Crippen molar-refractivity contribution >= 4 is 11.6 Å². The molecule has 0 aromatic carbocycles. The second-order valence-electron chi connectivity index (χ2n) is 5.68. The molecule has 1 aliphatic rings. The molecule has 21 heavy (non-hydrogen) atoms. The summed E-state index contributed by atoms with van der Waals surface area (Å²) in [4.78, 5) is 14.7. The van der Waals surface area contributed by atoms with Crippen LogP contribution in [-0.4, -0.2) is 46.8 Å². The number of nitrogens with two attached hydrogens (primary N) is 1. The maximum Gasteiger partial charge on any atom is 0.271 e. The van der Waals surface area contributed by atoms with Crippen LogP contribution in [0.4, 0.5) is 5.69 Å². The average Bonchev–Trinajstić information content (AvgIpc) is 2.79. The van der Waals surface area contributed by atoms with E-state index in [0.717, 1.165) is 18.7 Å². The molecule has 1 saturated heterocycles. The van der Waals surface area contributed by atoms with Gasteiger partial charge in [0.25, 0.3) is 5.91 Å². The van der Waals surface area contributed by atoms with Crippen LogP contribution in [-0.2, 0) is 6.54 Å². The first-order chi connectivity index (χ1) is 10.1. The number of nitrogens with zero attached hydrogens (tertiary/aromatic N) is 3. The number of hydrogen-bond acceptors (Lipinski definition) is 4. The predicted octanol–water partition coefficient (Wildman–Crippen LogP) is 1.40. The monoisotopic (exact) mass is 293 g/mol. The molecular weight excluding hydrogens is 266 g/mol. The Hall–Kier alpha value is -1.56. The zero-order valence-electron chi connectivity index (χ0n) is 13.2. The lowest BCUT2D eigenvalue weighted by atomic mass is 10.1. The quantitative estimate of drug-likeness (QED) is 0.777. The van der Waals surface area contributed by atoms with Gasteiger partial charge >= 0.3 is 0 Å². The SMILES string of the molecule is CCn1nc(C)c(N)c1C(=O)NCCCN1CCCCC1. The highest BCUT2D eigenvalue weighted by atomic mass is 16.2. The van der Waals surface area contributed by atoms with Crippen molar-refractivity contribution in [1.29, 1.82) is 0 Å². The lowest BCUT2D eigenvalue weighted by Crippen LogP contribution is -2.34. The summed E-state index contributed by atoms with van der Waals surface area (Å²) in [6.07, 6.45) is 4.94. The summed E-state index contributed by atoms with van der Waals surface area (Å²) in [5.41, 5.74) is 7.65. The maximum atomic E-state index is 12.2. The Morgan fingerprint density at radius 1 is 1.33 bits per heavy atom. The molecule has 0 bridgehead atoms. The van der Waals surface area contributed by atoms with Gasteiger partial charge in [-0.25, -0.2) is 0 Å². The van der Waals surface area contributed by atoms with Crippen molar-refractivity contribution < 1.29 is 4.79 Å². The van der Waals surface area contributed by atoms with E-state index in [4.69, 9.17) is 5.73 Å². The van der Waals surface area contributed by atoms with Crippen LogP contribution in [0.15, 0.2) is 0 Å². The van der Waals surface area contributed by atoms with Gasteiger partial charge < -0.3 is 16.0 Å². The zero-order chi connectivity index (χ0) is 15.2. The Bertz CT molecular complexity index is 477. The normalized spacial score (nSPS) is 16.1. The highest BCUT2D eigenvalue weighted by Crippen LogP contribution is 2.16. The van der Waals surface area contributed by atoms with Gasteiger partial charge in [0.2, 0.25) is 0 Å². The van der Waals surface area contributed by atoms with E-state index in [0.29, 0.717) is 24.5 Å². The van der Waals surface area contributed by atoms with Crippen LogP contribution >= 0.6 is 0 Å². The van der Waals surface area contributed by atoms with Crippen molar-refractivity contribution in [1.82, 2.24) is 20.0 Å². The fourth-order valence-electron chi connectivity index (χ4n) is 2.83. The van der Waals surface area contributed by atoms with Crippen LogP contribution < -0.4 is 11.1 Å². The van der Waals surface area contributed by atoms with Crippen LogP contribution in [0.5, 0.6) is 0 Å². The van der Waals surface area contributed by atoms with Gasteiger partial charge in [0.05, 0.1) is 11.4 Å². The first-order valence-electron chi connectivity index (χ1n) is 7.97. The highest BCUT2D eigenvalue weighted by Gasteiger charge is 2.18. The van der Waals surface area contributed by atoms with Gasteiger partial charge in [-0.1, -0.05) is 6.42 Å². The van der Waals surface area contributed by atoms with E-state index in [1.165, 1.54) is 32.4 Å². The zero-order valence-corrected chi connectivity index (χ0v) is 13.2. The Morgan fingerprint density at radius 2 is 2.05 bits per heavy atom. The standard InChI is InChI=1S/C15H27N5O/c1-3-20-14(13(16)12(2)18-20)15(21)17-8-7-11-19-9-5-4-6-10-19/h3-11,16H2,1-2H3,(H,17,21). The third-order valence-electron chi connectivity index (χ3n) is 4.07. The van der Waals surface area contributed by atoms with Crippen molar-refractivity contribution in [3.8, 4) is 0 Å². The molecule has 6 heteroatoms. The van der Waals surface area contributed by atoms with E-state index >= 15 is 0 Å². The molecule has 1 fully saturated rings. The molecule has 0 unspecified atom stereocenters. The number of piperidine rings is 1. The van der Waals surface area contributed by atoms with Crippen molar-refractivity contribution in [2.24, 2.45) is 0 Å². The van der Waals surface area contributed by atoms with Crippen molar-refractivity contribution in [2.75, 3.05) is 31.9 Å². The van der Waals surface area contributed by atoms with Crippen LogP contribution in [0.2, 0.25) is 0 Å². The molecule has 0 aliphatic carbocycles. The van der Waals surface area contributed by atoms with E-state index in [-0.39, 0.29) is 5.91 Å². The van der Waals surface area contributed by atoms with Crippen molar-refractivity contribution in [3.63, 3.8) is 0 Å². The molecule has 0 spiro atoms. The molecule has 0 radical (unpaired) electrons. The number of likely N-dealkylation sites (tertiary alicyclic amines) is 1. The number of rotatable bonds is 6. The number of aromatic nitrogens is 2. The number of nitrogen functional groups attached to an aromatic ring is 1. The minimum Gasteiger partial charge on any atom is -0.395 e. The summed E-state index contributed by atoms with van der Waals surface area (Å²) in [7, 11) is 0. The second-order valence-corrected chi connectivity index (χ2v) is 5.68. The summed E-state index contributed by atoms with van der Waals surface area (Å²) in [5, 5.41) is 7.23. The molecule has 1 aromatic heterocycles. The van der Waals surface area contributed by atoms with E-state index in [2.05, 4.69) is 15.3 Å². The van der Waals surface area contributed by atoms with Gasteiger partial charge in [-0.2, -0.15) is 5.10 Å². The number of nitrogens with one attached hydrogen (secondary N) is 1. The molecule has 1 amide bonds. The van der Waals surface area contributed by atoms with Gasteiger partial charge in [-0.3, -0.25) is 9.48 Å². The number of amides is 1. The molecule has 1 aromatic rings. The fourth-order valence-corrected chi connectivity index (χ4v) is 2.83. The fraction of sp³-hybridized carbons (Fsp3) is 0.733. The van der Waals surface area contributed by atoms with Gasteiger partial charge in [0, 0.05) is 13.1 Å². The molecule has 3 N–H and O–H groups in total. The lowest BCUT2D eigenvalue weighted by Gasteiger charge is -2.26. The smallest absolute Gasteiger partial charge is 0.271 e. The van der Waals surface area contributed by atoms with Crippen molar-refractivity contribution in [3.05, 3.63) is 11.4 Å². The summed E-state index contributed by atoms with van der Waals surface area (Å²) in [6, 6.07) is 0. The topological polar surface area (TPSA) is 76.2 Å². The third kappa shape index (κ3) is 3.97. The molecule has 0 atom stereocenters. The molecule has 1 aliphatic heterocycles. The first-order valence-corrected chi connectivity index (χ1v) is 7.97. The number of hydrogen-bond donors (Lipinski definition) is 2. The predicted molar refractivity (Wildman–Crippen MR) is 84.3 cm³/mol. The summed E-state index contributed by atoms with van der Waals surface area (Å²) < 4.78 is 1.67. The lowest BCUT2D eigenvalue weighted by molar-refractivity contribution is 0.0941. The minimum absolute atomic E-state index is 0.117. The summed E-state index contributed by atoms with van der Waals surface area (Å²) in [5.74, 6) is -0.117. The van der Waals surface area contributed by atoms with Gasteiger partial charge in [-0.15, -0.1) is 0 Å². The molecular formula is C15H27N5O. The molecule has 2 heterocycles. The van der Waals surface area contributed by atoms with Gasteiger partial charge in [0.1, 0.15) is 5.69 Å². The second kappa shape index (κ2) is 7.45. The molecule has 118 valence electrons. The summed E-state index contributed by atoms with van der Waals surface area (Å²) >= 11 is 0. The van der Waals surface area contributed by atoms with E-state index in [1.807, 2.05) is 13.8 Å². The van der Waals surface area contributed by atoms with Crippen LogP contribution in [0, 0.1) is 6.92 Å². The molecule has 2 rings (SSSR count). The Balaban J connectivity index is 1.79. The van der Waals surface area contributed by atoms with Crippen molar-refractivity contribution in [2.45, 2.75) is 46.1 Å².